The Morgan fingerprint density at radius 3 is 2.58 bits per heavy atom. The third-order valence-electron chi connectivity index (χ3n) is 2.46. The number of carboxylic acid groups (broad SMARTS) is 1. The zero-order valence-electron chi connectivity index (χ0n) is 10.2. The van der Waals surface area contributed by atoms with E-state index in [9.17, 15) is 19.7 Å². The summed E-state index contributed by atoms with van der Waals surface area (Å²) in [5.74, 6) is -1.27. The van der Waals surface area contributed by atoms with E-state index in [2.05, 4.69) is 5.32 Å². The molecular weight excluding hydrogens is 252 g/mol. The van der Waals surface area contributed by atoms with Crippen molar-refractivity contribution in [2.75, 3.05) is 0 Å². The van der Waals surface area contributed by atoms with Crippen molar-refractivity contribution in [2.24, 2.45) is 0 Å². The first-order chi connectivity index (χ1) is 9.00. The maximum Gasteiger partial charge on any atom is 0.303 e. The van der Waals surface area contributed by atoms with Crippen molar-refractivity contribution >= 4 is 17.6 Å². The molecule has 0 heterocycles. The van der Waals surface area contributed by atoms with Crippen LogP contribution in [0, 0.1) is 10.1 Å². The summed E-state index contributed by atoms with van der Waals surface area (Å²) in [5, 5.41) is 21.7. The molecule has 1 aromatic rings. The summed E-state index contributed by atoms with van der Waals surface area (Å²) < 4.78 is 0. The number of rotatable bonds is 7. The average molecular weight is 266 g/mol. The molecule has 0 aliphatic rings. The summed E-state index contributed by atoms with van der Waals surface area (Å²) in [6.07, 6.45) is 0.268. The highest BCUT2D eigenvalue weighted by Gasteiger charge is 2.12. The van der Waals surface area contributed by atoms with Gasteiger partial charge in [0.2, 0.25) is 5.91 Å². The number of hydrogen-bond donors (Lipinski definition) is 2. The van der Waals surface area contributed by atoms with Crippen LogP contribution in [0.1, 0.15) is 24.8 Å². The van der Waals surface area contributed by atoms with Gasteiger partial charge in [0.15, 0.2) is 0 Å². The van der Waals surface area contributed by atoms with Crippen LogP contribution in [0.2, 0.25) is 0 Å². The summed E-state index contributed by atoms with van der Waals surface area (Å²) in [6, 6.07) is 6.14. The van der Waals surface area contributed by atoms with Crippen LogP contribution in [0.3, 0.4) is 0 Å². The number of benzene rings is 1. The Balaban J connectivity index is 2.46. The molecule has 0 aromatic heterocycles. The smallest absolute Gasteiger partial charge is 0.303 e. The third-order valence-corrected chi connectivity index (χ3v) is 2.46. The van der Waals surface area contributed by atoms with Crippen LogP contribution in [0.5, 0.6) is 0 Å². The normalized spacial score (nSPS) is 9.89. The maximum absolute atomic E-state index is 11.4. The molecule has 19 heavy (non-hydrogen) atoms. The van der Waals surface area contributed by atoms with E-state index in [0.717, 1.165) is 0 Å². The van der Waals surface area contributed by atoms with E-state index >= 15 is 0 Å². The van der Waals surface area contributed by atoms with Crippen molar-refractivity contribution in [3.8, 4) is 0 Å². The molecule has 1 amide bonds. The van der Waals surface area contributed by atoms with E-state index < -0.39 is 10.9 Å². The van der Waals surface area contributed by atoms with Gasteiger partial charge in [-0.25, -0.2) is 0 Å². The second-order valence-corrected chi connectivity index (χ2v) is 3.91. The predicted octanol–water partition coefficient (Wildman–Crippen LogP) is 1.47. The highest BCUT2D eigenvalue weighted by molar-refractivity contribution is 5.76. The van der Waals surface area contributed by atoms with Crippen molar-refractivity contribution in [3.05, 3.63) is 39.9 Å². The topological polar surface area (TPSA) is 110 Å². The van der Waals surface area contributed by atoms with Crippen LogP contribution in [0.4, 0.5) is 5.69 Å². The van der Waals surface area contributed by atoms with Gasteiger partial charge in [0.1, 0.15) is 0 Å². The molecule has 1 aromatic carbocycles. The van der Waals surface area contributed by atoms with E-state index in [1.54, 1.807) is 18.2 Å². The molecule has 1 rings (SSSR count). The Hall–Kier alpha value is -2.44. The molecule has 2 N–H and O–H groups in total. The molecule has 0 spiro atoms. The van der Waals surface area contributed by atoms with Gasteiger partial charge >= 0.3 is 5.97 Å². The lowest BCUT2D eigenvalue weighted by molar-refractivity contribution is -0.385. The standard InChI is InChI=1S/C12H14N2O5/c15-11(6-3-7-12(16)17)13-8-9-4-1-2-5-10(9)14(18)19/h1-2,4-5H,3,6-8H2,(H,13,15)(H,16,17). The number of carbonyl (C=O) groups excluding carboxylic acids is 1. The molecule has 102 valence electrons. The van der Waals surface area contributed by atoms with Crippen LogP contribution < -0.4 is 5.32 Å². The third kappa shape index (κ3) is 5.15. The van der Waals surface area contributed by atoms with Crippen molar-refractivity contribution in [2.45, 2.75) is 25.8 Å². The summed E-state index contributed by atoms with van der Waals surface area (Å²) in [4.78, 5) is 31.9. The lowest BCUT2D eigenvalue weighted by Gasteiger charge is -2.05. The SMILES string of the molecule is O=C(O)CCCC(=O)NCc1ccccc1[N+](=O)[O-]. The average Bonchev–Trinajstić information content (AvgIpc) is 2.36. The minimum Gasteiger partial charge on any atom is -0.481 e. The maximum atomic E-state index is 11.4. The van der Waals surface area contributed by atoms with Gasteiger partial charge in [-0.2, -0.15) is 0 Å². The first-order valence-electron chi connectivity index (χ1n) is 5.71. The lowest BCUT2D eigenvalue weighted by atomic mass is 10.1. The second kappa shape index (κ2) is 7.10. The zero-order chi connectivity index (χ0) is 14.3. The van der Waals surface area contributed by atoms with Crippen LogP contribution in [0.15, 0.2) is 24.3 Å². The Morgan fingerprint density at radius 2 is 1.95 bits per heavy atom. The molecule has 7 nitrogen and oxygen atoms in total. The monoisotopic (exact) mass is 266 g/mol. The molecule has 0 saturated carbocycles. The summed E-state index contributed by atoms with van der Waals surface area (Å²) >= 11 is 0. The fourth-order valence-electron chi connectivity index (χ4n) is 1.52. The van der Waals surface area contributed by atoms with Crippen LogP contribution in [-0.2, 0) is 16.1 Å². The first-order valence-corrected chi connectivity index (χ1v) is 5.71. The van der Waals surface area contributed by atoms with Crippen molar-refractivity contribution < 1.29 is 19.6 Å². The van der Waals surface area contributed by atoms with E-state index in [-0.39, 0.29) is 37.4 Å². The van der Waals surface area contributed by atoms with E-state index in [1.807, 2.05) is 0 Å². The Labute approximate surface area is 109 Å². The van der Waals surface area contributed by atoms with Crippen LogP contribution in [-0.4, -0.2) is 21.9 Å². The fourth-order valence-corrected chi connectivity index (χ4v) is 1.52. The summed E-state index contributed by atoms with van der Waals surface area (Å²) in [7, 11) is 0. The minimum absolute atomic E-state index is 0.0478. The molecule has 0 aliphatic heterocycles. The van der Waals surface area contributed by atoms with Crippen LogP contribution >= 0.6 is 0 Å². The number of nitro groups is 1. The Morgan fingerprint density at radius 1 is 1.26 bits per heavy atom. The van der Waals surface area contributed by atoms with E-state index in [1.165, 1.54) is 6.07 Å². The Kier molecular flexibility index (Phi) is 5.46. The largest absolute Gasteiger partial charge is 0.481 e. The number of hydrogen-bond acceptors (Lipinski definition) is 4. The van der Waals surface area contributed by atoms with Gasteiger partial charge in [-0.1, -0.05) is 18.2 Å². The summed E-state index contributed by atoms with van der Waals surface area (Å²) in [5.41, 5.74) is 0.368. The van der Waals surface area contributed by atoms with Gasteiger partial charge < -0.3 is 10.4 Å². The first kappa shape index (κ1) is 14.6. The number of carbonyl (C=O) groups is 2. The molecule has 0 unspecified atom stereocenters. The van der Waals surface area contributed by atoms with Gasteiger partial charge in [0.25, 0.3) is 5.69 Å². The Bertz CT molecular complexity index is 487. The highest BCUT2D eigenvalue weighted by Crippen LogP contribution is 2.17. The van der Waals surface area contributed by atoms with Crippen molar-refractivity contribution in [1.29, 1.82) is 0 Å². The van der Waals surface area contributed by atoms with Crippen molar-refractivity contribution in [1.82, 2.24) is 5.32 Å². The fraction of sp³-hybridized carbons (Fsp3) is 0.333. The number of nitro benzene ring substituents is 1. The molecule has 7 heteroatoms. The van der Waals surface area contributed by atoms with Gasteiger partial charge in [0, 0.05) is 31.0 Å². The number of amides is 1. The molecular formula is C12H14N2O5. The molecule has 0 aliphatic carbocycles. The quantitative estimate of drug-likeness (QED) is 0.573. The molecule has 0 radical (unpaired) electrons. The molecule has 0 saturated heterocycles. The van der Waals surface area contributed by atoms with Gasteiger partial charge in [-0.3, -0.25) is 19.7 Å². The molecule has 0 atom stereocenters. The second-order valence-electron chi connectivity index (χ2n) is 3.91. The number of carboxylic acids is 1. The highest BCUT2D eigenvalue weighted by atomic mass is 16.6. The predicted molar refractivity (Wildman–Crippen MR) is 66.4 cm³/mol. The van der Waals surface area contributed by atoms with E-state index in [0.29, 0.717) is 5.56 Å². The van der Waals surface area contributed by atoms with Gasteiger partial charge in [-0.15, -0.1) is 0 Å². The van der Waals surface area contributed by atoms with E-state index in [4.69, 9.17) is 5.11 Å². The lowest BCUT2D eigenvalue weighted by Crippen LogP contribution is -2.23. The van der Waals surface area contributed by atoms with Gasteiger partial charge in [0.05, 0.1) is 4.92 Å². The minimum atomic E-state index is -0.952. The van der Waals surface area contributed by atoms with Crippen LogP contribution in [0.25, 0.3) is 0 Å². The molecule has 0 fully saturated rings. The number of nitrogens with zero attached hydrogens (tertiary/aromatic N) is 1. The number of para-hydroxylation sites is 1. The number of aliphatic carboxylic acids is 1. The zero-order valence-corrected chi connectivity index (χ0v) is 10.2. The summed E-state index contributed by atoms with van der Waals surface area (Å²) in [6.45, 7) is 0.0586. The van der Waals surface area contributed by atoms with Crippen molar-refractivity contribution in [3.63, 3.8) is 0 Å². The number of nitrogens with one attached hydrogen (secondary N) is 1. The molecule has 0 bridgehead atoms. The van der Waals surface area contributed by atoms with Gasteiger partial charge in [-0.05, 0) is 6.42 Å².